The summed E-state index contributed by atoms with van der Waals surface area (Å²) in [4.78, 5) is 26.3. The summed E-state index contributed by atoms with van der Waals surface area (Å²) in [5.41, 5.74) is -3.03. The van der Waals surface area contributed by atoms with Gasteiger partial charge in [0.05, 0.1) is 43.0 Å². The molecule has 2 aliphatic carbocycles. The first-order valence-corrected chi connectivity index (χ1v) is 13.9. The Balaban J connectivity index is 1.38. The van der Waals surface area contributed by atoms with Crippen molar-refractivity contribution in [2.24, 2.45) is 10.8 Å². The highest BCUT2D eigenvalue weighted by Crippen LogP contribution is 2.72. The van der Waals surface area contributed by atoms with Gasteiger partial charge >= 0.3 is 11.9 Å². The molecule has 4 fully saturated rings. The molecule has 12 atom stereocenters. The van der Waals surface area contributed by atoms with Crippen molar-refractivity contribution >= 4 is 11.9 Å². The van der Waals surface area contributed by atoms with Gasteiger partial charge in [-0.1, -0.05) is 31.2 Å². The quantitative estimate of drug-likeness (QED) is 0.232. The normalized spacial score (nSPS) is 52.6. The Labute approximate surface area is 232 Å². The molecule has 11 nitrogen and oxygen atoms in total. The van der Waals surface area contributed by atoms with Gasteiger partial charge in [0, 0.05) is 17.9 Å². The van der Waals surface area contributed by atoms with Crippen molar-refractivity contribution < 1.29 is 53.3 Å². The number of cyclic esters (lactones) is 1. The van der Waals surface area contributed by atoms with Crippen LogP contribution in [-0.2, 0) is 38.0 Å². The summed E-state index contributed by atoms with van der Waals surface area (Å²) in [5, 5.41) is 31.9. The van der Waals surface area contributed by atoms with Crippen LogP contribution in [0.4, 0.5) is 0 Å². The Morgan fingerprint density at radius 1 is 1.10 bits per heavy atom. The highest BCUT2D eigenvalue weighted by Gasteiger charge is 2.83. The molecule has 40 heavy (non-hydrogen) atoms. The minimum Gasteiger partial charge on any atom is -0.463 e. The van der Waals surface area contributed by atoms with Crippen LogP contribution in [0.1, 0.15) is 40.5 Å². The molecule has 2 bridgehead atoms. The Morgan fingerprint density at radius 2 is 1.85 bits per heavy atom. The van der Waals surface area contributed by atoms with Crippen molar-refractivity contribution in [1.29, 1.82) is 0 Å². The van der Waals surface area contributed by atoms with Gasteiger partial charge in [-0.2, -0.15) is 0 Å². The van der Waals surface area contributed by atoms with E-state index >= 15 is 0 Å². The third kappa shape index (κ3) is 3.97. The van der Waals surface area contributed by atoms with E-state index in [1.54, 1.807) is 26.0 Å². The summed E-state index contributed by atoms with van der Waals surface area (Å²) >= 11 is 0. The Bertz CT molecular complexity index is 1160. The van der Waals surface area contributed by atoms with E-state index in [9.17, 15) is 24.9 Å². The third-order valence-electron chi connectivity index (χ3n) is 10.3. The zero-order valence-electron chi connectivity index (χ0n) is 23.1. The lowest BCUT2D eigenvalue weighted by Gasteiger charge is -2.58. The molecule has 4 heterocycles. The summed E-state index contributed by atoms with van der Waals surface area (Å²) in [6.07, 6.45) is 2.24. The average molecular weight is 563 g/mol. The molecule has 0 radical (unpaired) electrons. The molecule has 4 aliphatic heterocycles. The third-order valence-corrected chi connectivity index (χ3v) is 10.3. The predicted molar refractivity (Wildman–Crippen MR) is 137 cm³/mol. The molecule has 6 rings (SSSR count). The topological polar surface area (TPSA) is 157 Å². The van der Waals surface area contributed by atoms with Crippen LogP contribution in [0.3, 0.4) is 0 Å². The first-order chi connectivity index (χ1) is 18.9. The second-order valence-electron chi connectivity index (χ2n) is 12.5. The number of hydrogen-bond acceptors (Lipinski definition) is 11. The first kappa shape index (κ1) is 28.0. The highest BCUT2D eigenvalue weighted by molar-refractivity contribution is 5.82. The Hall–Kier alpha value is -2.12. The number of rotatable bonds is 1. The molecular formula is C29H38O11. The fourth-order valence-corrected chi connectivity index (χ4v) is 7.38. The number of hydrogen-bond donors (Lipinski definition) is 3. The van der Waals surface area contributed by atoms with Crippen LogP contribution in [0.15, 0.2) is 36.0 Å². The van der Waals surface area contributed by atoms with Crippen molar-refractivity contribution in [3.8, 4) is 0 Å². The minimum atomic E-state index is -1.22. The van der Waals surface area contributed by atoms with Crippen molar-refractivity contribution in [3.63, 3.8) is 0 Å². The summed E-state index contributed by atoms with van der Waals surface area (Å²) in [5.74, 6) is -1.23. The van der Waals surface area contributed by atoms with Crippen molar-refractivity contribution in [1.82, 2.24) is 0 Å². The van der Waals surface area contributed by atoms with Crippen LogP contribution in [0.5, 0.6) is 0 Å². The molecule has 0 aromatic rings. The first-order valence-electron chi connectivity index (χ1n) is 13.9. The zero-order valence-corrected chi connectivity index (χ0v) is 23.1. The maximum Gasteiger partial charge on any atom is 0.338 e. The van der Waals surface area contributed by atoms with Crippen LogP contribution in [-0.4, -0.2) is 107 Å². The van der Waals surface area contributed by atoms with Gasteiger partial charge in [0.2, 0.25) is 0 Å². The number of carbonyl (C=O) groups excluding carboxylic acids is 2. The van der Waals surface area contributed by atoms with E-state index < -0.39 is 76.7 Å². The SMILES string of the molecule is CC1=CC2O[C@@H]3C[C@H]4OC(=O)/C=C\C=C\[C@H]([C@@H](C)O)OC[C@H](O)[C@]5(C)O[C@@H]5C(=O)OCC2(CC1O)[C@]4(C)[C@]31CO1. The molecule has 220 valence electrons. The van der Waals surface area contributed by atoms with Crippen molar-refractivity contribution in [2.45, 2.75) is 101 Å². The standard InChI is InChI=1S/C29H38O11/c1-15-9-21-28(11-17(15)31)13-36-25(34)24-26(3,40-24)19(32)12-35-18(16(2)30)7-5-6-8-23(33)39-20-10-22(38-21)29(14-37-29)27(20,28)4/h5-9,16-22,24,30-32H,10-14H2,1-4H3/b7-5+,8-6-/t16-,17?,18-,19+,20-,21?,22-,24-,26+,27-,28?,29+/m1/s1. The number of allylic oxidation sites excluding steroid dienone is 2. The maximum atomic E-state index is 13.3. The van der Waals surface area contributed by atoms with E-state index in [4.69, 9.17) is 28.4 Å². The smallest absolute Gasteiger partial charge is 0.338 e. The van der Waals surface area contributed by atoms with Gasteiger partial charge in [-0.25, -0.2) is 9.59 Å². The molecule has 0 aromatic heterocycles. The average Bonchev–Trinajstić information content (AvgIpc) is 3.81. The monoisotopic (exact) mass is 562 g/mol. The molecule has 6 aliphatic rings. The minimum absolute atomic E-state index is 0.134. The second-order valence-corrected chi connectivity index (χ2v) is 12.5. The van der Waals surface area contributed by atoms with E-state index in [1.165, 1.54) is 12.2 Å². The number of fused-ring (bicyclic) bond motifs is 1. The van der Waals surface area contributed by atoms with Crippen LogP contribution >= 0.6 is 0 Å². The van der Waals surface area contributed by atoms with Crippen LogP contribution < -0.4 is 0 Å². The van der Waals surface area contributed by atoms with Crippen molar-refractivity contribution in [2.75, 3.05) is 19.8 Å². The summed E-state index contributed by atoms with van der Waals surface area (Å²) in [6.45, 7) is 7.03. The molecular weight excluding hydrogens is 524 g/mol. The number of carbonyl (C=O) groups is 2. The largest absolute Gasteiger partial charge is 0.463 e. The van der Waals surface area contributed by atoms with Gasteiger partial charge in [-0.05, 0) is 32.8 Å². The molecule has 3 saturated heterocycles. The van der Waals surface area contributed by atoms with Gasteiger partial charge in [0.15, 0.2) is 6.10 Å². The molecule has 3 unspecified atom stereocenters. The second kappa shape index (κ2) is 9.45. The van der Waals surface area contributed by atoms with Crippen LogP contribution in [0.25, 0.3) is 0 Å². The predicted octanol–water partition coefficient (Wildman–Crippen LogP) is 0.496. The maximum absolute atomic E-state index is 13.3. The fourth-order valence-electron chi connectivity index (χ4n) is 7.38. The van der Waals surface area contributed by atoms with Crippen LogP contribution in [0, 0.1) is 10.8 Å². The zero-order chi connectivity index (χ0) is 28.7. The van der Waals surface area contributed by atoms with E-state index in [2.05, 4.69) is 0 Å². The molecule has 3 N–H and O–H groups in total. The van der Waals surface area contributed by atoms with Gasteiger partial charge in [0.1, 0.15) is 36.1 Å². The number of aliphatic hydroxyl groups is 3. The fraction of sp³-hybridized carbons (Fsp3) is 0.724. The van der Waals surface area contributed by atoms with Gasteiger partial charge in [-0.15, -0.1) is 0 Å². The number of epoxide rings is 2. The number of ether oxygens (including phenoxy) is 6. The molecule has 0 amide bonds. The highest BCUT2D eigenvalue weighted by atomic mass is 16.7. The summed E-state index contributed by atoms with van der Waals surface area (Å²) < 4.78 is 35.9. The van der Waals surface area contributed by atoms with Gasteiger partial charge in [-0.3, -0.25) is 0 Å². The van der Waals surface area contributed by atoms with E-state index in [0.717, 1.165) is 5.57 Å². The van der Waals surface area contributed by atoms with Gasteiger partial charge in [0.25, 0.3) is 0 Å². The summed E-state index contributed by atoms with van der Waals surface area (Å²) in [7, 11) is 0. The van der Waals surface area contributed by atoms with Crippen LogP contribution in [0.2, 0.25) is 0 Å². The lowest BCUT2D eigenvalue weighted by Crippen LogP contribution is -2.68. The molecule has 11 heteroatoms. The van der Waals surface area contributed by atoms with E-state index in [0.29, 0.717) is 13.0 Å². The molecule has 2 spiro atoms. The molecule has 0 aromatic carbocycles. The number of esters is 2. The Kier molecular flexibility index (Phi) is 6.62. The lowest BCUT2D eigenvalue weighted by atomic mass is 9.51. The lowest BCUT2D eigenvalue weighted by molar-refractivity contribution is -0.239. The summed E-state index contributed by atoms with van der Waals surface area (Å²) in [6, 6.07) is 0. The molecule has 1 saturated carbocycles. The van der Waals surface area contributed by atoms with Crippen molar-refractivity contribution in [3.05, 3.63) is 36.0 Å². The Morgan fingerprint density at radius 3 is 2.55 bits per heavy atom. The van der Waals surface area contributed by atoms with E-state index in [1.807, 2.05) is 19.9 Å². The van der Waals surface area contributed by atoms with E-state index in [-0.39, 0.29) is 25.7 Å². The number of aliphatic hydroxyl groups excluding tert-OH is 3. The van der Waals surface area contributed by atoms with Gasteiger partial charge < -0.3 is 43.7 Å².